The van der Waals surface area contributed by atoms with Gasteiger partial charge in [-0.15, -0.1) is 0 Å². The fourth-order valence-corrected chi connectivity index (χ4v) is 3.66. The van der Waals surface area contributed by atoms with Crippen LogP contribution < -0.4 is 10.5 Å². The van der Waals surface area contributed by atoms with Gasteiger partial charge in [-0.25, -0.2) is 13.1 Å². The summed E-state index contributed by atoms with van der Waals surface area (Å²) in [5.41, 5.74) is 6.67. The van der Waals surface area contributed by atoms with E-state index in [0.29, 0.717) is 28.7 Å². The van der Waals surface area contributed by atoms with Crippen LogP contribution in [0.25, 0.3) is 0 Å². The summed E-state index contributed by atoms with van der Waals surface area (Å²) in [5, 5.41) is 0.335. The standard InChI is InChI=1S/C12H17ClN2O2S/c1-8-11(14)5-10(13)6-12(8)18(16,17)15-7-9-3-2-4-9/h5-6,9,15H,2-4,7,14H2,1H3. The molecule has 0 amide bonds. The molecule has 0 saturated heterocycles. The summed E-state index contributed by atoms with van der Waals surface area (Å²) in [6, 6.07) is 3.00. The quantitative estimate of drug-likeness (QED) is 0.835. The van der Waals surface area contributed by atoms with Gasteiger partial charge in [0.25, 0.3) is 0 Å². The van der Waals surface area contributed by atoms with Crippen molar-refractivity contribution >= 4 is 27.3 Å². The number of rotatable bonds is 4. The van der Waals surface area contributed by atoms with Crippen LogP contribution in [-0.2, 0) is 10.0 Å². The molecule has 1 aromatic rings. The van der Waals surface area contributed by atoms with Crippen molar-refractivity contribution in [2.45, 2.75) is 31.1 Å². The fraction of sp³-hybridized carbons (Fsp3) is 0.500. The molecular formula is C12H17ClN2O2S. The van der Waals surface area contributed by atoms with Gasteiger partial charge in [0.05, 0.1) is 4.90 Å². The van der Waals surface area contributed by atoms with Crippen molar-refractivity contribution in [3.05, 3.63) is 22.7 Å². The number of anilines is 1. The Bertz CT molecular complexity index is 553. The van der Waals surface area contributed by atoms with Crippen LogP contribution in [-0.4, -0.2) is 15.0 Å². The van der Waals surface area contributed by atoms with Crippen LogP contribution in [0.2, 0.25) is 5.02 Å². The van der Waals surface area contributed by atoms with Gasteiger partial charge >= 0.3 is 0 Å². The minimum atomic E-state index is -3.52. The second-order valence-corrected chi connectivity index (χ2v) is 6.94. The van der Waals surface area contributed by atoms with Crippen LogP contribution in [0.3, 0.4) is 0 Å². The molecule has 18 heavy (non-hydrogen) atoms. The van der Waals surface area contributed by atoms with E-state index in [1.54, 1.807) is 13.0 Å². The summed E-state index contributed by atoms with van der Waals surface area (Å²) in [6.45, 7) is 2.18. The van der Waals surface area contributed by atoms with E-state index >= 15 is 0 Å². The summed E-state index contributed by atoms with van der Waals surface area (Å²) in [5.74, 6) is 0.469. The fourth-order valence-electron chi connectivity index (χ4n) is 1.96. The second kappa shape index (κ2) is 5.07. The Hall–Kier alpha value is -0.780. The first-order chi connectivity index (χ1) is 8.40. The zero-order valence-corrected chi connectivity index (χ0v) is 11.8. The molecule has 6 heteroatoms. The molecule has 100 valence electrons. The molecule has 1 aliphatic rings. The van der Waals surface area contributed by atoms with Crippen molar-refractivity contribution in [2.24, 2.45) is 5.92 Å². The summed E-state index contributed by atoms with van der Waals surface area (Å²) in [4.78, 5) is 0.173. The lowest BCUT2D eigenvalue weighted by molar-refractivity contribution is 0.316. The lowest BCUT2D eigenvalue weighted by atomic mass is 9.86. The third-order valence-electron chi connectivity index (χ3n) is 3.44. The molecule has 0 heterocycles. The smallest absolute Gasteiger partial charge is 0.240 e. The number of halogens is 1. The number of nitrogens with one attached hydrogen (secondary N) is 1. The van der Waals surface area contributed by atoms with E-state index in [1.807, 2.05) is 0 Å². The van der Waals surface area contributed by atoms with Crippen LogP contribution in [0.15, 0.2) is 17.0 Å². The normalized spacial score (nSPS) is 16.6. The zero-order chi connectivity index (χ0) is 13.3. The van der Waals surface area contributed by atoms with E-state index in [9.17, 15) is 8.42 Å². The zero-order valence-electron chi connectivity index (χ0n) is 10.2. The maximum Gasteiger partial charge on any atom is 0.240 e. The van der Waals surface area contributed by atoms with Gasteiger partial charge in [-0.1, -0.05) is 18.0 Å². The predicted octanol–water partition coefficient (Wildman–Crippen LogP) is 2.31. The van der Waals surface area contributed by atoms with Gasteiger partial charge in [0.15, 0.2) is 0 Å². The van der Waals surface area contributed by atoms with E-state index in [-0.39, 0.29) is 4.90 Å². The van der Waals surface area contributed by atoms with Gasteiger partial charge < -0.3 is 5.73 Å². The van der Waals surface area contributed by atoms with Crippen LogP contribution in [0.4, 0.5) is 5.69 Å². The number of hydrogen-bond acceptors (Lipinski definition) is 3. The molecule has 4 nitrogen and oxygen atoms in total. The van der Waals surface area contributed by atoms with Crippen LogP contribution in [0, 0.1) is 12.8 Å². The van der Waals surface area contributed by atoms with Crippen molar-refractivity contribution in [3.63, 3.8) is 0 Å². The molecule has 0 atom stereocenters. The molecule has 0 bridgehead atoms. The first-order valence-corrected chi connectivity index (χ1v) is 7.81. The maximum absolute atomic E-state index is 12.2. The SMILES string of the molecule is Cc1c(N)cc(Cl)cc1S(=O)(=O)NCC1CCC1. The van der Waals surface area contributed by atoms with Crippen LogP contribution in [0.5, 0.6) is 0 Å². The first kappa shape index (κ1) is 13.6. The van der Waals surface area contributed by atoms with Gasteiger partial charge in [-0.05, 0) is 43.4 Å². The lowest BCUT2D eigenvalue weighted by Gasteiger charge is -2.25. The van der Waals surface area contributed by atoms with E-state index in [0.717, 1.165) is 12.8 Å². The number of nitrogens with two attached hydrogens (primary N) is 1. The Morgan fingerprint density at radius 1 is 1.44 bits per heavy atom. The molecule has 3 N–H and O–H groups in total. The van der Waals surface area contributed by atoms with E-state index in [1.165, 1.54) is 12.5 Å². The average Bonchev–Trinajstić information content (AvgIpc) is 2.20. The molecule has 0 aromatic heterocycles. The highest BCUT2D eigenvalue weighted by Crippen LogP contribution is 2.28. The second-order valence-electron chi connectivity index (χ2n) is 4.77. The largest absolute Gasteiger partial charge is 0.398 e. The number of hydrogen-bond donors (Lipinski definition) is 2. The molecule has 0 aliphatic heterocycles. The minimum absolute atomic E-state index is 0.173. The summed E-state index contributed by atoms with van der Waals surface area (Å²) in [7, 11) is -3.52. The number of benzene rings is 1. The molecule has 1 fully saturated rings. The highest BCUT2D eigenvalue weighted by Gasteiger charge is 2.23. The Morgan fingerprint density at radius 3 is 2.67 bits per heavy atom. The van der Waals surface area contributed by atoms with Crippen molar-refractivity contribution in [1.29, 1.82) is 0 Å². The maximum atomic E-state index is 12.2. The molecule has 1 aromatic carbocycles. The highest BCUT2D eigenvalue weighted by atomic mass is 35.5. The molecule has 1 saturated carbocycles. The Labute approximate surface area is 113 Å². The molecule has 0 unspecified atom stereocenters. The molecular weight excluding hydrogens is 272 g/mol. The monoisotopic (exact) mass is 288 g/mol. The van der Waals surface area contributed by atoms with Gasteiger partial charge in [0, 0.05) is 17.3 Å². The van der Waals surface area contributed by atoms with Gasteiger partial charge in [-0.2, -0.15) is 0 Å². The average molecular weight is 289 g/mol. The van der Waals surface area contributed by atoms with Crippen molar-refractivity contribution < 1.29 is 8.42 Å². The third-order valence-corrected chi connectivity index (χ3v) is 5.21. The third kappa shape index (κ3) is 2.79. The predicted molar refractivity (Wildman–Crippen MR) is 73.1 cm³/mol. The van der Waals surface area contributed by atoms with Gasteiger partial charge in [-0.3, -0.25) is 0 Å². The number of nitrogen functional groups attached to an aromatic ring is 1. The topological polar surface area (TPSA) is 72.2 Å². The lowest BCUT2D eigenvalue weighted by Crippen LogP contribution is -2.32. The van der Waals surface area contributed by atoms with Crippen molar-refractivity contribution in [2.75, 3.05) is 12.3 Å². The summed E-state index contributed by atoms with van der Waals surface area (Å²) < 4.78 is 27.0. The molecule has 0 spiro atoms. The number of sulfonamides is 1. The first-order valence-electron chi connectivity index (χ1n) is 5.95. The van der Waals surface area contributed by atoms with E-state index in [2.05, 4.69) is 4.72 Å². The molecule has 0 radical (unpaired) electrons. The minimum Gasteiger partial charge on any atom is -0.398 e. The summed E-state index contributed by atoms with van der Waals surface area (Å²) in [6.07, 6.45) is 3.38. The van der Waals surface area contributed by atoms with E-state index < -0.39 is 10.0 Å². The summed E-state index contributed by atoms with van der Waals surface area (Å²) >= 11 is 5.86. The van der Waals surface area contributed by atoms with Crippen molar-refractivity contribution in [1.82, 2.24) is 4.72 Å². The van der Waals surface area contributed by atoms with Gasteiger partial charge in [0.2, 0.25) is 10.0 Å². The Kier molecular flexibility index (Phi) is 3.84. The molecule has 2 rings (SSSR count). The Balaban J connectivity index is 2.22. The van der Waals surface area contributed by atoms with E-state index in [4.69, 9.17) is 17.3 Å². The van der Waals surface area contributed by atoms with Gasteiger partial charge in [0.1, 0.15) is 0 Å². The van der Waals surface area contributed by atoms with Crippen molar-refractivity contribution in [3.8, 4) is 0 Å². The molecule has 1 aliphatic carbocycles. The highest BCUT2D eigenvalue weighted by molar-refractivity contribution is 7.89. The Morgan fingerprint density at radius 2 is 2.11 bits per heavy atom. The van der Waals surface area contributed by atoms with Crippen LogP contribution in [0.1, 0.15) is 24.8 Å². The van der Waals surface area contributed by atoms with Crippen LogP contribution >= 0.6 is 11.6 Å².